The van der Waals surface area contributed by atoms with Crippen molar-refractivity contribution in [3.05, 3.63) is 41.1 Å². The molecule has 3 rings (SSSR count). The van der Waals surface area contributed by atoms with E-state index in [0.29, 0.717) is 17.8 Å². The number of methoxy groups -OCH3 is 2. The zero-order valence-electron chi connectivity index (χ0n) is 18.4. The predicted octanol–water partition coefficient (Wildman–Crippen LogP) is 0.533. The van der Waals surface area contributed by atoms with Crippen LogP contribution in [-0.4, -0.2) is 89.7 Å². The number of carbonyl (C=O) groups excluding carboxylic acids is 3. The van der Waals surface area contributed by atoms with Gasteiger partial charge in [-0.3, -0.25) is 9.69 Å². The summed E-state index contributed by atoms with van der Waals surface area (Å²) in [5, 5.41) is 2.93. The molecule has 0 bridgehead atoms. The second-order valence-electron chi connectivity index (χ2n) is 7.30. The SMILES string of the molecule is COC(=O)C1=C(C(=O)OC)N(c2ccccc2C(=O)NCCCN2CCOCC2)COC1. The molecule has 0 saturated carbocycles. The van der Waals surface area contributed by atoms with Crippen LogP contribution in [0.5, 0.6) is 0 Å². The summed E-state index contributed by atoms with van der Waals surface area (Å²) in [4.78, 5) is 41.4. The molecule has 0 aromatic heterocycles. The lowest BCUT2D eigenvalue weighted by Gasteiger charge is -2.32. The number of rotatable bonds is 8. The number of hydrogen-bond donors (Lipinski definition) is 1. The average molecular weight is 447 g/mol. The first-order valence-corrected chi connectivity index (χ1v) is 10.5. The van der Waals surface area contributed by atoms with Gasteiger partial charge >= 0.3 is 11.9 Å². The topological polar surface area (TPSA) is 107 Å². The van der Waals surface area contributed by atoms with Gasteiger partial charge in [-0.2, -0.15) is 0 Å². The van der Waals surface area contributed by atoms with E-state index in [1.54, 1.807) is 24.3 Å². The third-order valence-electron chi connectivity index (χ3n) is 5.31. The maximum atomic E-state index is 12.9. The summed E-state index contributed by atoms with van der Waals surface area (Å²) in [6, 6.07) is 6.83. The molecule has 0 aliphatic carbocycles. The van der Waals surface area contributed by atoms with Gasteiger partial charge in [0.2, 0.25) is 0 Å². The number of nitrogens with one attached hydrogen (secondary N) is 1. The zero-order chi connectivity index (χ0) is 22.9. The number of anilines is 1. The van der Waals surface area contributed by atoms with Crippen molar-refractivity contribution in [2.24, 2.45) is 0 Å². The molecule has 32 heavy (non-hydrogen) atoms. The molecule has 2 heterocycles. The van der Waals surface area contributed by atoms with E-state index < -0.39 is 11.9 Å². The molecule has 174 valence electrons. The van der Waals surface area contributed by atoms with E-state index in [2.05, 4.69) is 10.2 Å². The minimum absolute atomic E-state index is 0.00170. The van der Waals surface area contributed by atoms with Gasteiger partial charge in [0.1, 0.15) is 12.4 Å². The number of para-hydroxylation sites is 1. The summed E-state index contributed by atoms with van der Waals surface area (Å²) in [6.07, 6.45) is 0.806. The zero-order valence-corrected chi connectivity index (χ0v) is 18.4. The lowest BCUT2D eigenvalue weighted by molar-refractivity contribution is -0.140. The number of esters is 2. The van der Waals surface area contributed by atoms with E-state index in [0.717, 1.165) is 39.3 Å². The smallest absolute Gasteiger partial charge is 0.355 e. The number of morpholine rings is 1. The summed E-state index contributed by atoms with van der Waals surface area (Å²) in [5.41, 5.74) is 0.819. The molecule has 1 aromatic rings. The lowest BCUT2D eigenvalue weighted by atomic mass is 10.1. The molecule has 1 saturated heterocycles. The molecular weight excluding hydrogens is 418 g/mol. The van der Waals surface area contributed by atoms with Crippen LogP contribution in [-0.2, 0) is 28.5 Å². The van der Waals surface area contributed by atoms with E-state index in [4.69, 9.17) is 18.9 Å². The van der Waals surface area contributed by atoms with Crippen molar-refractivity contribution >= 4 is 23.5 Å². The number of nitrogens with zero attached hydrogens (tertiary/aromatic N) is 2. The number of hydrogen-bond acceptors (Lipinski definition) is 9. The highest BCUT2D eigenvalue weighted by Gasteiger charge is 2.33. The Morgan fingerprint density at radius 1 is 1.03 bits per heavy atom. The Bertz CT molecular complexity index is 865. The quantitative estimate of drug-likeness (QED) is 0.451. The fourth-order valence-corrected chi connectivity index (χ4v) is 3.66. The van der Waals surface area contributed by atoms with E-state index in [1.165, 1.54) is 19.1 Å². The maximum absolute atomic E-state index is 12.9. The van der Waals surface area contributed by atoms with Gasteiger partial charge in [-0.25, -0.2) is 9.59 Å². The molecule has 0 unspecified atom stereocenters. The molecule has 10 nitrogen and oxygen atoms in total. The van der Waals surface area contributed by atoms with Crippen LogP contribution < -0.4 is 10.2 Å². The summed E-state index contributed by atoms with van der Waals surface area (Å²) in [5.74, 6) is -1.69. The van der Waals surface area contributed by atoms with Crippen LogP contribution in [0.15, 0.2) is 35.5 Å². The third kappa shape index (κ3) is 5.64. The minimum atomic E-state index is -0.713. The highest BCUT2D eigenvalue weighted by molar-refractivity contribution is 6.06. The molecule has 1 N–H and O–H groups in total. The summed E-state index contributed by atoms with van der Waals surface area (Å²) in [7, 11) is 2.45. The molecule has 0 spiro atoms. The van der Waals surface area contributed by atoms with Crippen LogP contribution in [0.1, 0.15) is 16.8 Å². The lowest BCUT2D eigenvalue weighted by Crippen LogP contribution is -2.40. The van der Waals surface area contributed by atoms with Gasteiger partial charge < -0.3 is 29.2 Å². The van der Waals surface area contributed by atoms with Crippen LogP contribution in [0, 0.1) is 0 Å². The molecule has 10 heteroatoms. The van der Waals surface area contributed by atoms with Crippen molar-refractivity contribution in [2.45, 2.75) is 6.42 Å². The van der Waals surface area contributed by atoms with E-state index >= 15 is 0 Å². The Morgan fingerprint density at radius 3 is 2.47 bits per heavy atom. The minimum Gasteiger partial charge on any atom is -0.466 e. The molecule has 1 fully saturated rings. The standard InChI is InChI=1S/C22H29N3O7/c1-29-21(27)17-14-32-15-25(19(17)22(28)30-2)18-7-4-3-6-16(18)20(26)23-8-5-9-24-10-12-31-13-11-24/h3-4,6-7H,5,8-15H2,1-2H3,(H,23,26). The Labute approximate surface area is 187 Å². The fraction of sp³-hybridized carbons (Fsp3) is 0.500. The number of carbonyl (C=O) groups is 3. The molecular formula is C22H29N3O7. The highest BCUT2D eigenvalue weighted by atomic mass is 16.5. The Balaban J connectivity index is 1.76. The van der Waals surface area contributed by atoms with Crippen LogP contribution in [0.4, 0.5) is 5.69 Å². The van der Waals surface area contributed by atoms with Crippen LogP contribution in [0.3, 0.4) is 0 Å². The van der Waals surface area contributed by atoms with Crippen molar-refractivity contribution in [1.29, 1.82) is 0 Å². The summed E-state index contributed by atoms with van der Waals surface area (Å²) in [6.45, 7) is 4.54. The van der Waals surface area contributed by atoms with Crippen molar-refractivity contribution in [3.8, 4) is 0 Å². The van der Waals surface area contributed by atoms with Gasteiger partial charge in [0, 0.05) is 19.6 Å². The number of amides is 1. The summed E-state index contributed by atoms with van der Waals surface area (Å²) >= 11 is 0. The largest absolute Gasteiger partial charge is 0.466 e. The first-order chi connectivity index (χ1) is 15.6. The van der Waals surface area contributed by atoms with Crippen molar-refractivity contribution in [2.75, 3.05) is 71.8 Å². The number of benzene rings is 1. The molecule has 1 aromatic carbocycles. The Morgan fingerprint density at radius 2 is 1.75 bits per heavy atom. The Kier molecular flexibility index (Phi) is 8.60. The second kappa shape index (κ2) is 11.6. The molecule has 2 aliphatic heterocycles. The third-order valence-corrected chi connectivity index (χ3v) is 5.31. The molecule has 0 atom stereocenters. The van der Waals surface area contributed by atoms with Crippen LogP contribution in [0.25, 0.3) is 0 Å². The molecule has 2 aliphatic rings. The second-order valence-corrected chi connectivity index (χ2v) is 7.30. The number of ether oxygens (including phenoxy) is 4. The normalized spacial score (nSPS) is 17.1. The van der Waals surface area contributed by atoms with Crippen molar-refractivity contribution < 1.29 is 33.3 Å². The summed E-state index contributed by atoms with van der Waals surface area (Å²) < 4.78 is 20.5. The van der Waals surface area contributed by atoms with Gasteiger partial charge in [-0.15, -0.1) is 0 Å². The predicted molar refractivity (Wildman–Crippen MR) is 115 cm³/mol. The fourth-order valence-electron chi connectivity index (χ4n) is 3.66. The van der Waals surface area contributed by atoms with E-state index in [1.807, 2.05) is 0 Å². The first kappa shape index (κ1) is 23.7. The maximum Gasteiger partial charge on any atom is 0.355 e. The Hall–Kier alpha value is -2.95. The average Bonchev–Trinajstić information content (AvgIpc) is 2.85. The van der Waals surface area contributed by atoms with Crippen molar-refractivity contribution in [1.82, 2.24) is 10.2 Å². The first-order valence-electron chi connectivity index (χ1n) is 10.5. The van der Waals surface area contributed by atoms with E-state index in [-0.39, 0.29) is 30.5 Å². The van der Waals surface area contributed by atoms with Gasteiger partial charge in [0.15, 0.2) is 0 Å². The van der Waals surface area contributed by atoms with E-state index in [9.17, 15) is 14.4 Å². The van der Waals surface area contributed by atoms with Crippen LogP contribution >= 0.6 is 0 Å². The molecule has 1 amide bonds. The van der Waals surface area contributed by atoms with Gasteiger partial charge in [-0.1, -0.05) is 12.1 Å². The van der Waals surface area contributed by atoms with Crippen molar-refractivity contribution in [3.63, 3.8) is 0 Å². The van der Waals surface area contributed by atoms with Gasteiger partial charge in [0.05, 0.1) is 50.9 Å². The molecule has 0 radical (unpaired) electrons. The van der Waals surface area contributed by atoms with Gasteiger partial charge in [0.25, 0.3) is 5.91 Å². The van der Waals surface area contributed by atoms with Crippen LogP contribution in [0.2, 0.25) is 0 Å². The highest BCUT2D eigenvalue weighted by Crippen LogP contribution is 2.29. The monoisotopic (exact) mass is 447 g/mol. The van der Waals surface area contributed by atoms with Gasteiger partial charge in [-0.05, 0) is 25.1 Å².